The fraction of sp³-hybridized carbons (Fsp3) is 0.278. The molecule has 0 fully saturated rings. The molecule has 0 heterocycles. The second kappa shape index (κ2) is 9.52. The van der Waals surface area contributed by atoms with Crippen molar-refractivity contribution in [3.05, 3.63) is 59.1 Å². The van der Waals surface area contributed by atoms with Gasteiger partial charge in [-0.15, -0.1) is 12.4 Å². The Bertz CT molecular complexity index is 663. The minimum absolute atomic E-state index is 0. The highest BCUT2D eigenvalue weighted by molar-refractivity contribution is 6.32. The van der Waals surface area contributed by atoms with Gasteiger partial charge in [0.15, 0.2) is 5.75 Å². The van der Waals surface area contributed by atoms with E-state index >= 15 is 0 Å². The van der Waals surface area contributed by atoms with Crippen LogP contribution < -0.4 is 15.8 Å². The lowest BCUT2D eigenvalue weighted by Crippen LogP contribution is -2.21. The number of carbonyl (C=O) groups excluding carboxylic acids is 1. The maximum absolute atomic E-state index is 12.3. The second-order valence-corrected chi connectivity index (χ2v) is 5.96. The summed E-state index contributed by atoms with van der Waals surface area (Å²) in [4.78, 5) is 12.3. The topological polar surface area (TPSA) is 64.3 Å². The average Bonchev–Trinajstić information content (AvgIpc) is 2.51. The van der Waals surface area contributed by atoms with Crippen LogP contribution in [0.3, 0.4) is 0 Å². The summed E-state index contributed by atoms with van der Waals surface area (Å²) >= 11 is 6.16. The lowest BCUT2D eigenvalue weighted by molar-refractivity contribution is -0.116. The first-order valence-electron chi connectivity index (χ1n) is 7.53. The SMILES string of the molecule is CC(C)Oc1c(Cl)cccc1NC(=O)CC(N)c1ccccc1.Cl. The van der Waals surface area contributed by atoms with Crippen LogP contribution in [0.2, 0.25) is 5.02 Å². The molecular formula is C18H22Cl2N2O2. The molecule has 2 aromatic rings. The van der Waals surface area contributed by atoms with E-state index in [0.717, 1.165) is 5.56 Å². The first kappa shape index (κ1) is 20.3. The van der Waals surface area contributed by atoms with Gasteiger partial charge in [-0.25, -0.2) is 0 Å². The molecule has 2 aromatic carbocycles. The van der Waals surface area contributed by atoms with Crippen LogP contribution in [0.15, 0.2) is 48.5 Å². The smallest absolute Gasteiger partial charge is 0.226 e. The lowest BCUT2D eigenvalue weighted by atomic mass is 10.0. The molecule has 0 aliphatic heterocycles. The van der Waals surface area contributed by atoms with Crippen LogP contribution in [-0.2, 0) is 4.79 Å². The monoisotopic (exact) mass is 368 g/mol. The van der Waals surface area contributed by atoms with Gasteiger partial charge in [0, 0.05) is 12.5 Å². The Balaban J connectivity index is 0.00000288. The normalized spacial score (nSPS) is 11.5. The van der Waals surface area contributed by atoms with Crippen LogP contribution in [0.4, 0.5) is 5.69 Å². The highest BCUT2D eigenvalue weighted by Crippen LogP contribution is 2.34. The Morgan fingerprint density at radius 3 is 2.46 bits per heavy atom. The molecule has 0 aliphatic carbocycles. The Morgan fingerprint density at radius 1 is 1.17 bits per heavy atom. The molecule has 0 aliphatic rings. The van der Waals surface area contributed by atoms with Crippen LogP contribution in [0.1, 0.15) is 31.9 Å². The lowest BCUT2D eigenvalue weighted by Gasteiger charge is -2.17. The minimum atomic E-state index is -0.357. The number of nitrogens with two attached hydrogens (primary N) is 1. The van der Waals surface area contributed by atoms with E-state index < -0.39 is 0 Å². The summed E-state index contributed by atoms with van der Waals surface area (Å²) < 4.78 is 5.69. The van der Waals surface area contributed by atoms with Crippen molar-refractivity contribution in [3.8, 4) is 5.75 Å². The van der Waals surface area contributed by atoms with Crippen molar-refractivity contribution in [1.29, 1.82) is 0 Å². The van der Waals surface area contributed by atoms with E-state index in [0.29, 0.717) is 16.5 Å². The van der Waals surface area contributed by atoms with Gasteiger partial charge in [0.05, 0.1) is 16.8 Å². The molecule has 130 valence electrons. The second-order valence-electron chi connectivity index (χ2n) is 5.55. The van der Waals surface area contributed by atoms with Crippen molar-refractivity contribution in [2.45, 2.75) is 32.4 Å². The zero-order valence-corrected chi connectivity index (χ0v) is 15.2. The number of nitrogens with one attached hydrogen (secondary N) is 1. The summed E-state index contributed by atoms with van der Waals surface area (Å²) in [7, 11) is 0. The van der Waals surface area contributed by atoms with Crippen LogP contribution in [0, 0.1) is 0 Å². The number of carbonyl (C=O) groups is 1. The highest BCUT2D eigenvalue weighted by atomic mass is 35.5. The van der Waals surface area contributed by atoms with E-state index in [-0.39, 0.29) is 36.9 Å². The summed E-state index contributed by atoms with van der Waals surface area (Å²) in [6, 6.07) is 14.4. The summed E-state index contributed by atoms with van der Waals surface area (Å²) in [5, 5.41) is 3.29. The zero-order chi connectivity index (χ0) is 16.8. The molecular weight excluding hydrogens is 347 g/mol. The van der Waals surface area contributed by atoms with E-state index in [4.69, 9.17) is 22.1 Å². The van der Waals surface area contributed by atoms with E-state index in [1.807, 2.05) is 44.2 Å². The van der Waals surface area contributed by atoms with Crippen molar-refractivity contribution < 1.29 is 9.53 Å². The predicted octanol–water partition coefficient (Wildman–Crippen LogP) is 4.58. The van der Waals surface area contributed by atoms with Crippen molar-refractivity contribution in [3.63, 3.8) is 0 Å². The number of para-hydroxylation sites is 1. The maximum atomic E-state index is 12.3. The first-order valence-corrected chi connectivity index (χ1v) is 7.90. The number of hydrogen-bond acceptors (Lipinski definition) is 3. The summed E-state index contributed by atoms with van der Waals surface area (Å²) in [6.45, 7) is 3.81. The van der Waals surface area contributed by atoms with Gasteiger partial charge in [0.1, 0.15) is 0 Å². The zero-order valence-electron chi connectivity index (χ0n) is 13.7. The first-order chi connectivity index (χ1) is 11.0. The largest absolute Gasteiger partial charge is 0.487 e. The summed E-state index contributed by atoms with van der Waals surface area (Å²) in [5.74, 6) is 0.294. The summed E-state index contributed by atoms with van der Waals surface area (Å²) in [5.41, 5.74) is 7.56. The van der Waals surface area contributed by atoms with E-state index in [1.165, 1.54) is 0 Å². The third-order valence-electron chi connectivity index (χ3n) is 3.23. The quantitative estimate of drug-likeness (QED) is 0.784. The fourth-order valence-electron chi connectivity index (χ4n) is 2.18. The van der Waals surface area contributed by atoms with Gasteiger partial charge in [-0.2, -0.15) is 0 Å². The molecule has 1 unspecified atom stereocenters. The predicted molar refractivity (Wildman–Crippen MR) is 101 cm³/mol. The number of halogens is 2. The molecule has 1 amide bonds. The van der Waals surface area contributed by atoms with Gasteiger partial charge in [0.25, 0.3) is 0 Å². The van der Waals surface area contributed by atoms with Gasteiger partial charge in [-0.3, -0.25) is 4.79 Å². The molecule has 0 spiro atoms. The van der Waals surface area contributed by atoms with E-state index in [9.17, 15) is 4.79 Å². The number of anilines is 1. The molecule has 24 heavy (non-hydrogen) atoms. The van der Waals surface area contributed by atoms with Crippen molar-refractivity contribution in [2.75, 3.05) is 5.32 Å². The highest BCUT2D eigenvalue weighted by Gasteiger charge is 2.15. The standard InChI is InChI=1S/C18H21ClN2O2.ClH/c1-12(2)23-18-14(19)9-6-10-16(18)21-17(22)11-15(20)13-7-4-3-5-8-13;/h3-10,12,15H,11,20H2,1-2H3,(H,21,22);1H. The Morgan fingerprint density at radius 2 is 1.83 bits per heavy atom. The van der Waals surface area contributed by atoms with Crippen molar-refractivity contribution >= 4 is 35.6 Å². The van der Waals surface area contributed by atoms with Crippen LogP contribution in [0.5, 0.6) is 5.75 Å². The maximum Gasteiger partial charge on any atom is 0.226 e. The fourth-order valence-corrected chi connectivity index (χ4v) is 2.40. The number of ether oxygens (including phenoxy) is 1. The van der Waals surface area contributed by atoms with Crippen LogP contribution in [0.25, 0.3) is 0 Å². The van der Waals surface area contributed by atoms with Crippen LogP contribution >= 0.6 is 24.0 Å². The Labute approximate surface area is 153 Å². The molecule has 0 saturated heterocycles. The van der Waals surface area contributed by atoms with Gasteiger partial charge < -0.3 is 15.8 Å². The Hall–Kier alpha value is -1.75. The van der Waals surface area contributed by atoms with Gasteiger partial charge in [-0.05, 0) is 31.5 Å². The number of rotatable bonds is 6. The minimum Gasteiger partial charge on any atom is -0.487 e. The van der Waals surface area contributed by atoms with Gasteiger partial charge in [0.2, 0.25) is 5.91 Å². The summed E-state index contributed by atoms with van der Waals surface area (Å²) in [6.07, 6.45) is 0.134. The third kappa shape index (κ3) is 5.71. The van der Waals surface area contributed by atoms with Crippen molar-refractivity contribution in [2.24, 2.45) is 5.73 Å². The molecule has 0 saturated carbocycles. The third-order valence-corrected chi connectivity index (χ3v) is 3.53. The van der Waals surface area contributed by atoms with Gasteiger partial charge in [-0.1, -0.05) is 48.0 Å². The van der Waals surface area contributed by atoms with Gasteiger partial charge >= 0.3 is 0 Å². The number of amides is 1. The van der Waals surface area contributed by atoms with Crippen LogP contribution in [-0.4, -0.2) is 12.0 Å². The molecule has 4 nitrogen and oxygen atoms in total. The average molecular weight is 369 g/mol. The molecule has 2 rings (SSSR count). The van der Waals surface area contributed by atoms with E-state index in [2.05, 4.69) is 5.32 Å². The molecule has 0 radical (unpaired) electrons. The molecule has 0 aromatic heterocycles. The number of hydrogen-bond donors (Lipinski definition) is 2. The molecule has 1 atom stereocenters. The van der Waals surface area contributed by atoms with Crippen molar-refractivity contribution in [1.82, 2.24) is 0 Å². The number of benzene rings is 2. The van der Waals surface area contributed by atoms with E-state index in [1.54, 1.807) is 18.2 Å². The Kier molecular flexibility index (Phi) is 8.05. The molecule has 6 heteroatoms. The molecule has 3 N–H and O–H groups in total. The molecule has 0 bridgehead atoms.